The van der Waals surface area contributed by atoms with E-state index in [4.69, 9.17) is 13.8 Å². The number of carbonyl (C=O) groups excluding carboxylic acids is 1. The molecule has 1 amide bonds. The van der Waals surface area contributed by atoms with Gasteiger partial charge in [-0.25, -0.2) is 4.57 Å². The van der Waals surface area contributed by atoms with Gasteiger partial charge in [0.05, 0.1) is 46.1 Å². The van der Waals surface area contributed by atoms with E-state index in [0.29, 0.717) is 49.2 Å². The molecule has 2 aliphatic carbocycles. The van der Waals surface area contributed by atoms with Gasteiger partial charge in [-0.2, -0.15) is 0 Å². The molecule has 328 valence electrons. The minimum atomic E-state index is -4.26. The van der Waals surface area contributed by atoms with Gasteiger partial charge in [0.25, 0.3) is 0 Å². The summed E-state index contributed by atoms with van der Waals surface area (Å²) in [5, 5.41) is 24.1. The Morgan fingerprint density at radius 3 is 2.19 bits per heavy atom. The monoisotopic (exact) mass is 822 g/mol. The summed E-state index contributed by atoms with van der Waals surface area (Å²) in [6.45, 7) is 7.19. The van der Waals surface area contributed by atoms with Crippen LogP contribution in [0.25, 0.3) is 0 Å². The number of carbonyl (C=O) groups is 1. The number of phosphoric ester groups is 1. The highest BCUT2D eigenvalue weighted by Crippen LogP contribution is 2.49. The minimum Gasteiger partial charge on any atom is -0.388 e. The average molecular weight is 822 g/mol. The van der Waals surface area contributed by atoms with E-state index < -0.39 is 26.1 Å². The molecule has 5 unspecified atom stereocenters. The van der Waals surface area contributed by atoms with Gasteiger partial charge in [0.2, 0.25) is 5.91 Å². The van der Waals surface area contributed by atoms with Gasteiger partial charge < -0.3 is 29.6 Å². The summed E-state index contributed by atoms with van der Waals surface area (Å²) >= 11 is 0. The van der Waals surface area contributed by atoms with E-state index in [1.165, 1.54) is 76.2 Å². The Morgan fingerprint density at radius 1 is 0.947 bits per heavy atom. The quantitative estimate of drug-likeness (QED) is 0.0132. The molecule has 4 N–H and O–H groups in total. The Labute approximate surface area is 347 Å². The Morgan fingerprint density at radius 2 is 1.58 bits per heavy atom. The first-order valence-corrected chi connectivity index (χ1v) is 23.9. The number of nitrogens with zero attached hydrogens (tertiary/aromatic N) is 1. The molecule has 2 fully saturated rings. The Bertz CT molecular complexity index is 1330. The van der Waals surface area contributed by atoms with Crippen LogP contribution in [0.5, 0.6) is 0 Å². The van der Waals surface area contributed by atoms with Gasteiger partial charge in [-0.05, 0) is 69.3 Å². The molecular weight excluding hydrogens is 739 g/mol. The lowest BCUT2D eigenvalue weighted by molar-refractivity contribution is -0.870. The molecule has 0 aromatic heterocycles. The van der Waals surface area contributed by atoms with Crippen molar-refractivity contribution in [3.8, 4) is 11.8 Å². The third-order valence-electron chi connectivity index (χ3n) is 11.3. The maximum absolute atomic E-state index is 12.8. The van der Waals surface area contributed by atoms with Crippen LogP contribution in [0.3, 0.4) is 0 Å². The number of quaternary nitrogens is 1. The molecule has 57 heavy (non-hydrogen) atoms. The van der Waals surface area contributed by atoms with Crippen molar-refractivity contribution in [1.82, 2.24) is 5.32 Å². The number of fused-ring (bicyclic) bond motifs is 1. The van der Waals surface area contributed by atoms with E-state index in [9.17, 15) is 24.5 Å². The van der Waals surface area contributed by atoms with Crippen LogP contribution in [0.1, 0.15) is 156 Å². The van der Waals surface area contributed by atoms with Crippen molar-refractivity contribution in [3.63, 3.8) is 0 Å². The van der Waals surface area contributed by atoms with Crippen LogP contribution < -0.4 is 5.32 Å². The number of nitrogens with one attached hydrogen (secondary N) is 1. The number of phosphoric acid groups is 1. The Hall–Kier alpha value is -1.76. The summed E-state index contributed by atoms with van der Waals surface area (Å²) in [4.78, 5) is 23.1. The summed E-state index contributed by atoms with van der Waals surface area (Å²) in [6.07, 6.45) is 25.0. The zero-order valence-electron chi connectivity index (χ0n) is 36.8. The number of aliphatic hydroxyl groups is 2. The van der Waals surface area contributed by atoms with E-state index >= 15 is 0 Å². The summed E-state index contributed by atoms with van der Waals surface area (Å²) in [5.41, 5.74) is 5.52. The average Bonchev–Trinajstić information content (AvgIpc) is 3.68. The normalized spacial score (nSPS) is 21.3. The Balaban J connectivity index is 1.75. The van der Waals surface area contributed by atoms with Gasteiger partial charge in [-0.15, -0.1) is 17.6 Å². The van der Waals surface area contributed by atoms with Crippen LogP contribution in [-0.2, 0) is 23.1 Å². The largest absolute Gasteiger partial charge is 0.472 e. The van der Waals surface area contributed by atoms with Crippen molar-refractivity contribution in [1.29, 1.82) is 0 Å². The van der Waals surface area contributed by atoms with Crippen molar-refractivity contribution >= 4 is 13.7 Å². The second-order valence-electron chi connectivity index (χ2n) is 17.7. The number of rotatable bonds is 32. The predicted molar refractivity (Wildman–Crippen MR) is 231 cm³/mol. The number of allylic oxidation sites excluding steroid dienone is 2. The zero-order chi connectivity index (χ0) is 41.9. The predicted octanol–water partition coefficient (Wildman–Crippen LogP) is 9.19. The third-order valence-corrected chi connectivity index (χ3v) is 12.3. The number of likely N-dealkylation sites (N-methyl/N-ethyl adjacent to an activating group) is 1. The number of aliphatic hydroxyl groups excluding tert-OH is 2. The van der Waals surface area contributed by atoms with Crippen molar-refractivity contribution in [2.75, 3.05) is 54.1 Å². The number of ether oxygens (including phenoxy) is 1. The first kappa shape index (κ1) is 51.4. The highest BCUT2D eigenvalue weighted by atomic mass is 31.2. The molecule has 0 aliphatic heterocycles. The number of unbranched alkanes of at least 4 members (excludes halogenated alkanes) is 14. The molecular formula is C46H82N2O8P+. The van der Waals surface area contributed by atoms with E-state index in [0.717, 1.165) is 44.1 Å². The molecule has 0 saturated heterocycles. The van der Waals surface area contributed by atoms with Crippen molar-refractivity contribution in [2.45, 2.75) is 174 Å². The van der Waals surface area contributed by atoms with Gasteiger partial charge in [-0.1, -0.05) is 109 Å². The molecule has 7 atom stereocenters. The fraction of sp³-hybridized carbons (Fsp3) is 0.826. The van der Waals surface area contributed by atoms with Crippen molar-refractivity contribution in [3.05, 3.63) is 29.0 Å². The molecule has 2 rings (SSSR count). The summed E-state index contributed by atoms with van der Waals surface area (Å²) in [5.74, 6) is 6.42. The molecule has 0 aromatic carbocycles. The van der Waals surface area contributed by atoms with Crippen LogP contribution in [0.15, 0.2) is 29.0 Å². The molecule has 2 saturated carbocycles. The van der Waals surface area contributed by atoms with E-state index in [1.54, 1.807) is 13.0 Å². The molecule has 0 heterocycles. The number of hydrogen-bond acceptors (Lipinski definition) is 7. The number of amides is 1. The summed E-state index contributed by atoms with van der Waals surface area (Å²) < 4.78 is 29.8. The first-order valence-electron chi connectivity index (χ1n) is 22.5. The lowest BCUT2D eigenvalue weighted by Crippen LogP contribution is -2.37. The maximum atomic E-state index is 12.8. The van der Waals surface area contributed by atoms with Crippen LogP contribution in [0.2, 0.25) is 0 Å². The highest BCUT2D eigenvalue weighted by molar-refractivity contribution is 7.47. The first-order chi connectivity index (χ1) is 27.2. The van der Waals surface area contributed by atoms with Crippen molar-refractivity contribution < 1.29 is 42.7 Å². The van der Waals surface area contributed by atoms with Crippen LogP contribution in [-0.4, -0.2) is 97.9 Å². The lowest BCUT2D eigenvalue weighted by Gasteiger charge is -2.24. The van der Waals surface area contributed by atoms with Gasteiger partial charge in [0.15, 0.2) is 0 Å². The molecule has 10 nitrogen and oxygen atoms in total. The smallest absolute Gasteiger partial charge is 0.388 e. The zero-order valence-corrected chi connectivity index (χ0v) is 37.7. The molecule has 0 aromatic rings. The van der Waals surface area contributed by atoms with Gasteiger partial charge in [0.1, 0.15) is 13.2 Å². The standard InChI is InChI=1S/C46H81N2O8P/c1-7-9-11-12-13-14-15-16-17-18-19-20-21-24-31-54-41(37-56-57(52,53)55-32-30-48(4,5)6)36-47-46(51)27-23-22-26-39-33-40-35-45(50)42(43(40)34-39)28-29-44(49)38(3)25-10-8-2/h26,29,38,40-41,43-45,49-50H,7,9,11-25,27,30-37H2,1-6H3,(H-,47,51,52,53)/p+1/b39-26+/t28?,38?,40?,41?,43?,44-,45-/m1/s1. The molecule has 11 heteroatoms. The van der Waals surface area contributed by atoms with Gasteiger partial charge in [0, 0.05) is 31.6 Å². The third kappa shape index (κ3) is 24.2. The summed E-state index contributed by atoms with van der Waals surface area (Å²) in [6, 6.07) is 0. The fourth-order valence-electron chi connectivity index (χ4n) is 7.63. The molecule has 0 radical (unpaired) electrons. The SMILES string of the molecule is CC#CCC(C)[C@H](O)C=C=C1C2C/C(=C/CCCC(=O)NCC(COP(=O)(O)OCC[N+](C)(C)C)OCCCCCCCCCCCCCCCC)CC2C[C@H]1O. The second-order valence-corrected chi connectivity index (χ2v) is 19.1. The molecule has 0 bridgehead atoms. The van der Waals surface area contributed by atoms with Crippen LogP contribution in [0.4, 0.5) is 0 Å². The topological polar surface area (TPSA) is 135 Å². The minimum absolute atomic E-state index is 0.00302. The fourth-order valence-corrected chi connectivity index (χ4v) is 8.37. The lowest BCUT2D eigenvalue weighted by atomic mass is 9.96. The summed E-state index contributed by atoms with van der Waals surface area (Å²) in [7, 11) is 1.67. The maximum Gasteiger partial charge on any atom is 0.472 e. The number of hydrogen-bond donors (Lipinski definition) is 4. The second kappa shape index (κ2) is 29.5. The molecule has 2 aliphatic rings. The van der Waals surface area contributed by atoms with Crippen molar-refractivity contribution in [2.24, 2.45) is 17.8 Å². The van der Waals surface area contributed by atoms with Crippen LogP contribution >= 0.6 is 7.82 Å². The van der Waals surface area contributed by atoms with Gasteiger partial charge >= 0.3 is 7.82 Å². The van der Waals surface area contributed by atoms with E-state index in [2.05, 4.69) is 35.9 Å². The van der Waals surface area contributed by atoms with E-state index in [-0.39, 0.29) is 37.5 Å². The Kier molecular flexibility index (Phi) is 26.6. The van der Waals surface area contributed by atoms with Gasteiger partial charge in [-0.3, -0.25) is 13.8 Å². The van der Waals surface area contributed by atoms with E-state index in [1.807, 2.05) is 28.1 Å². The van der Waals surface area contributed by atoms with Crippen LogP contribution in [0, 0.1) is 29.6 Å². The molecule has 0 spiro atoms. The highest BCUT2D eigenvalue weighted by Gasteiger charge is 2.42.